The Morgan fingerprint density at radius 1 is 1.18 bits per heavy atom. The average Bonchev–Trinajstić information content (AvgIpc) is 2.72. The summed E-state index contributed by atoms with van der Waals surface area (Å²) in [6, 6.07) is 0. The maximum atomic E-state index is 3.80. The monoisotopic (exact) mass is 231 g/mol. The van der Waals surface area contributed by atoms with Crippen molar-refractivity contribution >= 4 is 0 Å². The predicted octanol–water partition coefficient (Wildman–Crippen LogP) is 4.33. The molecule has 1 aliphatic carbocycles. The molecule has 2 atom stereocenters. The number of fused-ring (bicyclic) bond motifs is 1. The third kappa shape index (κ3) is 1.59. The lowest BCUT2D eigenvalue weighted by Gasteiger charge is -2.39. The minimum atomic E-state index is 0.269. The molecule has 0 aromatic carbocycles. The molecular formula is C16H25N. The normalized spacial score (nSPS) is 37.2. The second-order valence-corrected chi connectivity index (χ2v) is 5.57. The molecule has 1 saturated carbocycles. The average molecular weight is 231 g/mol. The van der Waals surface area contributed by atoms with E-state index in [1.54, 1.807) is 0 Å². The van der Waals surface area contributed by atoms with Crippen LogP contribution in [0.3, 0.4) is 0 Å². The molecule has 0 amide bonds. The molecule has 0 spiro atoms. The first-order chi connectivity index (χ1) is 8.13. The van der Waals surface area contributed by atoms with Crippen LogP contribution in [0.15, 0.2) is 35.6 Å². The summed E-state index contributed by atoms with van der Waals surface area (Å²) in [5, 5.41) is 3.80. The molecule has 0 saturated heterocycles. The zero-order chi connectivity index (χ0) is 12.5. The van der Waals surface area contributed by atoms with Gasteiger partial charge in [0.1, 0.15) is 0 Å². The molecule has 1 N–H and O–H groups in total. The van der Waals surface area contributed by atoms with Gasteiger partial charge in [-0.15, -0.1) is 0 Å². The largest absolute Gasteiger partial charge is 0.379 e. The number of hydrogen-bond donors (Lipinski definition) is 1. The van der Waals surface area contributed by atoms with Gasteiger partial charge in [-0.1, -0.05) is 31.6 Å². The molecule has 17 heavy (non-hydrogen) atoms. The molecular weight excluding hydrogens is 206 g/mol. The van der Waals surface area contributed by atoms with Crippen LogP contribution >= 0.6 is 0 Å². The van der Waals surface area contributed by atoms with Gasteiger partial charge in [-0.3, -0.25) is 0 Å². The third-order valence-corrected chi connectivity index (χ3v) is 4.82. The van der Waals surface area contributed by atoms with E-state index >= 15 is 0 Å². The Morgan fingerprint density at radius 2 is 1.88 bits per heavy atom. The topological polar surface area (TPSA) is 12.0 Å². The van der Waals surface area contributed by atoms with E-state index in [1.807, 2.05) is 0 Å². The van der Waals surface area contributed by atoms with Crippen LogP contribution in [0, 0.1) is 5.41 Å². The van der Waals surface area contributed by atoms with Gasteiger partial charge >= 0.3 is 0 Å². The first-order valence-electron chi connectivity index (χ1n) is 6.92. The maximum absolute atomic E-state index is 3.80. The molecule has 1 aliphatic heterocycles. The smallest absolute Gasteiger partial charge is 0.0442 e. The van der Waals surface area contributed by atoms with E-state index in [1.165, 1.54) is 37.0 Å². The lowest BCUT2D eigenvalue weighted by atomic mass is 9.68. The lowest BCUT2D eigenvalue weighted by Crippen LogP contribution is -2.46. The Bertz CT molecular complexity index is 388. The predicted molar refractivity (Wildman–Crippen MR) is 74.8 cm³/mol. The van der Waals surface area contributed by atoms with Crippen LogP contribution in [0.25, 0.3) is 0 Å². The molecule has 0 aromatic rings. The molecule has 0 bridgehead atoms. The van der Waals surface area contributed by atoms with E-state index in [2.05, 4.69) is 57.3 Å². The highest BCUT2D eigenvalue weighted by Crippen LogP contribution is 2.58. The minimum absolute atomic E-state index is 0.269. The molecule has 94 valence electrons. The highest BCUT2D eigenvalue weighted by molar-refractivity contribution is 5.47. The van der Waals surface area contributed by atoms with Crippen LogP contribution in [-0.2, 0) is 0 Å². The minimum Gasteiger partial charge on any atom is -0.379 e. The molecule has 1 nitrogen and oxygen atoms in total. The highest BCUT2D eigenvalue weighted by Gasteiger charge is 2.56. The molecule has 0 radical (unpaired) electrons. The first-order valence-corrected chi connectivity index (χ1v) is 6.92. The van der Waals surface area contributed by atoms with E-state index < -0.39 is 0 Å². The molecule has 1 heterocycles. The van der Waals surface area contributed by atoms with Crippen molar-refractivity contribution in [2.75, 3.05) is 0 Å². The molecule has 2 rings (SSSR count). The summed E-state index contributed by atoms with van der Waals surface area (Å²) in [6.45, 7) is 8.96. The van der Waals surface area contributed by atoms with Crippen LogP contribution in [0.2, 0.25) is 0 Å². The molecule has 1 fully saturated rings. The molecule has 0 aromatic heterocycles. The van der Waals surface area contributed by atoms with Crippen molar-refractivity contribution in [3.05, 3.63) is 35.6 Å². The van der Waals surface area contributed by atoms with E-state index in [0.717, 1.165) is 0 Å². The van der Waals surface area contributed by atoms with Crippen LogP contribution in [-0.4, -0.2) is 5.54 Å². The summed E-state index contributed by atoms with van der Waals surface area (Å²) in [6.07, 6.45) is 14.1. The highest BCUT2D eigenvalue weighted by atomic mass is 15.1. The van der Waals surface area contributed by atoms with Crippen molar-refractivity contribution in [2.24, 2.45) is 5.41 Å². The van der Waals surface area contributed by atoms with E-state index in [9.17, 15) is 0 Å². The lowest BCUT2D eigenvalue weighted by molar-refractivity contribution is 0.216. The summed E-state index contributed by atoms with van der Waals surface area (Å²) in [5.74, 6) is 0. The van der Waals surface area contributed by atoms with Gasteiger partial charge in [0.25, 0.3) is 0 Å². The fourth-order valence-electron chi connectivity index (χ4n) is 3.97. The van der Waals surface area contributed by atoms with Crippen molar-refractivity contribution in [1.29, 1.82) is 0 Å². The van der Waals surface area contributed by atoms with Gasteiger partial charge < -0.3 is 5.32 Å². The van der Waals surface area contributed by atoms with Gasteiger partial charge in [0.2, 0.25) is 0 Å². The Hall–Kier alpha value is -0.980. The third-order valence-electron chi connectivity index (χ3n) is 4.82. The van der Waals surface area contributed by atoms with Crippen molar-refractivity contribution in [3.63, 3.8) is 0 Å². The molecule has 0 unspecified atom stereocenters. The number of allylic oxidation sites excluding steroid dienone is 4. The fourth-order valence-corrected chi connectivity index (χ4v) is 3.97. The van der Waals surface area contributed by atoms with E-state index in [0.29, 0.717) is 5.41 Å². The molecule has 1 heteroatoms. The van der Waals surface area contributed by atoms with Crippen LogP contribution in [0.4, 0.5) is 0 Å². The Labute approximate surface area is 106 Å². The van der Waals surface area contributed by atoms with Gasteiger partial charge in [0, 0.05) is 16.7 Å². The van der Waals surface area contributed by atoms with E-state index in [4.69, 9.17) is 0 Å². The summed E-state index contributed by atoms with van der Waals surface area (Å²) in [7, 11) is 0. The number of rotatable bonds is 3. The van der Waals surface area contributed by atoms with Crippen molar-refractivity contribution < 1.29 is 0 Å². The summed E-state index contributed by atoms with van der Waals surface area (Å²) >= 11 is 0. The second-order valence-electron chi connectivity index (χ2n) is 5.57. The van der Waals surface area contributed by atoms with Gasteiger partial charge in [-0.2, -0.15) is 0 Å². The summed E-state index contributed by atoms with van der Waals surface area (Å²) in [5.41, 5.74) is 3.50. The number of nitrogens with one attached hydrogen (secondary N) is 1. The molecule has 2 aliphatic rings. The van der Waals surface area contributed by atoms with Crippen LogP contribution in [0.5, 0.6) is 0 Å². The van der Waals surface area contributed by atoms with Crippen LogP contribution in [0.1, 0.15) is 53.4 Å². The Morgan fingerprint density at radius 3 is 2.47 bits per heavy atom. The zero-order valence-corrected chi connectivity index (χ0v) is 11.6. The zero-order valence-electron chi connectivity index (χ0n) is 11.6. The number of hydrogen-bond acceptors (Lipinski definition) is 1. The maximum Gasteiger partial charge on any atom is 0.0442 e. The Balaban J connectivity index is 2.54. The van der Waals surface area contributed by atoms with Crippen molar-refractivity contribution in [1.82, 2.24) is 5.32 Å². The standard InChI is InChI=1S/C16H25N/c1-5-9-13-14(10-6-2)17-15(4)11-8-12-16(13,15)7-3/h5-6,9-10,17H,7-8,11-12H2,1-4H3/b9-5-,10-6-/t15-,16+/m1/s1. The first kappa shape index (κ1) is 12.5. The summed E-state index contributed by atoms with van der Waals surface area (Å²) in [4.78, 5) is 0. The fraction of sp³-hybridized carbons (Fsp3) is 0.625. The Kier molecular flexibility index (Phi) is 3.20. The van der Waals surface area contributed by atoms with Crippen molar-refractivity contribution in [2.45, 2.75) is 58.9 Å². The SMILES string of the molecule is C/C=C\C1=C(/C=C\C)[C@]2(CC)CCC[C@@]2(C)N1. The van der Waals surface area contributed by atoms with Crippen LogP contribution < -0.4 is 5.32 Å². The van der Waals surface area contributed by atoms with Crippen molar-refractivity contribution in [3.8, 4) is 0 Å². The van der Waals surface area contributed by atoms with Gasteiger partial charge in [0.05, 0.1) is 0 Å². The van der Waals surface area contributed by atoms with Gasteiger partial charge in [0.15, 0.2) is 0 Å². The second kappa shape index (κ2) is 4.36. The van der Waals surface area contributed by atoms with E-state index in [-0.39, 0.29) is 5.54 Å². The van der Waals surface area contributed by atoms with Gasteiger partial charge in [-0.05, 0) is 51.7 Å². The summed E-state index contributed by atoms with van der Waals surface area (Å²) < 4.78 is 0. The van der Waals surface area contributed by atoms with Gasteiger partial charge in [-0.25, -0.2) is 0 Å². The quantitative estimate of drug-likeness (QED) is 0.762.